The van der Waals surface area contributed by atoms with Crippen molar-refractivity contribution in [3.8, 4) is 11.5 Å². The lowest BCUT2D eigenvalue weighted by Crippen LogP contribution is -2.38. The Bertz CT molecular complexity index is 892. The number of benzene rings is 2. The van der Waals surface area contributed by atoms with E-state index in [1.54, 1.807) is 25.3 Å². The summed E-state index contributed by atoms with van der Waals surface area (Å²) in [6, 6.07) is 10.9. The monoisotopic (exact) mass is 382 g/mol. The molecule has 28 heavy (non-hydrogen) atoms. The summed E-state index contributed by atoms with van der Waals surface area (Å²) < 4.78 is 10.5. The second-order valence-electron chi connectivity index (χ2n) is 7.17. The molecule has 0 aromatic heterocycles. The molecule has 0 radical (unpaired) electrons. The fourth-order valence-electron chi connectivity index (χ4n) is 3.37. The van der Waals surface area contributed by atoms with E-state index in [1.807, 2.05) is 36.9 Å². The third-order valence-electron chi connectivity index (χ3n) is 4.93. The molecule has 1 heterocycles. The van der Waals surface area contributed by atoms with Crippen LogP contribution in [0.3, 0.4) is 0 Å². The van der Waals surface area contributed by atoms with Crippen LogP contribution >= 0.6 is 0 Å². The summed E-state index contributed by atoms with van der Waals surface area (Å²) in [5.41, 5.74) is 3.48. The van der Waals surface area contributed by atoms with Crippen molar-refractivity contribution in [2.45, 2.75) is 26.8 Å². The summed E-state index contributed by atoms with van der Waals surface area (Å²) in [5, 5.41) is 2.93. The standard InChI is InChI=1S/C22H26N2O4/c1-14(2)22(26)24-10-9-15-5-7-18(11-17(15)13-24)23-21(25)16-6-8-19(27-3)20(12-16)28-4/h5-8,11-12,14H,9-10,13H2,1-4H3,(H,23,25). The molecule has 1 aliphatic rings. The smallest absolute Gasteiger partial charge is 0.255 e. The Morgan fingerprint density at radius 2 is 1.75 bits per heavy atom. The van der Waals surface area contributed by atoms with Gasteiger partial charge in [0.2, 0.25) is 5.91 Å². The SMILES string of the molecule is COc1ccc(C(=O)Nc2ccc3c(c2)CN(C(=O)C(C)C)CC3)cc1OC. The van der Waals surface area contributed by atoms with Gasteiger partial charge in [0.15, 0.2) is 11.5 Å². The largest absolute Gasteiger partial charge is 0.493 e. The number of amides is 2. The Hall–Kier alpha value is -3.02. The molecule has 6 heteroatoms. The second-order valence-corrected chi connectivity index (χ2v) is 7.17. The van der Waals surface area contributed by atoms with Gasteiger partial charge in [-0.25, -0.2) is 0 Å². The molecule has 1 aliphatic heterocycles. The van der Waals surface area contributed by atoms with E-state index in [-0.39, 0.29) is 17.7 Å². The first kappa shape index (κ1) is 19.7. The van der Waals surface area contributed by atoms with Crippen LogP contribution in [-0.2, 0) is 17.8 Å². The van der Waals surface area contributed by atoms with Crippen molar-refractivity contribution >= 4 is 17.5 Å². The van der Waals surface area contributed by atoms with Gasteiger partial charge in [-0.3, -0.25) is 9.59 Å². The third kappa shape index (κ3) is 4.11. The Kier molecular flexibility index (Phi) is 5.87. The Morgan fingerprint density at radius 3 is 2.43 bits per heavy atom. The molecule has 3 rings (SSSR count). The number of carbonyl (C=O) groups is 2. The van der Waals surface area contributed by atoms with Crippen LogP contribution in [-0.4, -0.2) is 37.5 Å². The summed E-state index contributed by atoms with van der Waals surface area (Å²) in [6.45, 7) is 5.14. The minimum atomic E-state index is -0.230. The Balaban J connectivity index is 1.76. The van der Waals surface area contributed by atoms with E-state index in [2.05, 4.69) is 5.32 Å². The van der Waals surface area contributed by atoms with E-state index in [0.29, 0.717) is 29.3 Å². The highest BCUT2D eigenvalue weighted by molar-refractivity contribution is 6.04. The number of ether oxygens (including phenoxy) is 2. The summed E-state index contributed by atoms with van der Waals surface area (Å²) >= 11 is 0. The van der Waals surface area contributed by atoms with Crippen molar-refractivity contribution in [3.05, 3.63) is 53.1 Å². The molecule has 0 saturated heterocycles. The summed E-state index contributed by atoms with van der Waals surface area (Å²) in [4.78, 5) is 26.8. The van der Waals surface area contributed by atoms with Crippen molar-refractivity contribution in [2.75, 3.05) is 26.1 Å². The maximum Gasteiger partial charge on any atom is 0.255 e. The van der Waals surface area contributed by atoms with Crippen LogP contribution < -0.4 is 14.8 Å². The number of nitrogens with zero attached hydrogens (tertiary/aromatic N) is 1. The minimum absolute atomic E-state index is 0.0190. The molecule has 0 aliphatic carbocycles. The predicted molar refractivity (Wildman–Crippen MR) is 108 cm³/mol. The average molecular weight is 382 g/mol. The van der Waals surface area contributed by atoms with E-state index in [0.717, 1.165) is 18.5 Å². The van der Waals surface area contributed by atoms with Crippen molar-refractivity contribution in [1.29, 1.82) is 0 Å². The number of rotatable bonds is 5. The molecule has 2 amide bonds. The molecule has 6 nitrogen and oxygen atoms in total. The van der Waals surface area contributed by atoms with Gasteiger partial charge in [0, 0.05) is 30.3 Å². The maximum atomic E-state index is 12.6. The molecule has 0 saturated carbocycles. The molecule has 0 spiro atoms. The highest BCUT2D eigenvalue weighted by Crippen LogP contribution is 2.28. The van der Waals surface area contributed by atoms with Crippen LogP contribution in [0.4, 0.5) is 5.69 Å². The van der Waals surface area contributed by atoms with E-state index in [9.17, 15) is 9.59 Å². The third-order valence-corrected chi connectivity index (χ3v) is 4.93. The number of hydrogen-bond acceptors (Lipinski definition) is 4. The number of methoxy groups -OCH3 is 2. The second kappa shape index (κ2) is 8.33. The van der Waals surface area contributed by atoms with Gasteiger partial charge in [-0.1, -0.05) is 19.9 Å². The van der Waals surface area contributed by atoms with Crippen molar-refractivity contribution in [3.63, 3.8) is 0 Å². The fraction of sp³-hybridized carbons (Fsp3) is 0.364. The van der Waals surface area contributed by atoms with Crippen molar-refractivity contribution in [1.82, 2.24) is 4.90 Å². The van der Waals surface area contributed by atoms with Gasteiger partial charge in [-0.05, 0) is 47.9 Å². The molecule has 1 N–H and O–H groups in total. The quantitative estimate of drug-likeness (QED) is 0.859. The van der Waals surface area contributed by atoms with Gasteiger partial charge in [0.1, 0.15) is 0 Å². The van der Waals surface area contributed by atoms with Gasteiger partial charge in [-0.2, -0.15) is 0 Å². The number of hydrogen-bond donors (Lipinski definition) is 1. The van der Waals surface area contributed by atoms with Crippen LogP contribution in [0.5, 0.6) is 11.5 Å². The molecule has 148 valence electrons. The lowest BCUT2D eigenvalue weighted by atomic mass is 9.98. The molecular formula is C22H26N2O4. The molecule has 0 atom stereocenters. The highest BCUT2D eigenvalue weighted by atomic mass is 16.5. The van der Waals surface area contributed by atoms with Crippen LogP contribution in [0, 0.1) is 5.92 Å². The zero-order valence-electron chi connectivity index (χ0n) is 16.7. The van der Waals surface area contributed by atoms with Gasteiger partial charge >= 0.3 is 0 Å². The van der Waals surface area contributed by atoms with Gasteiger partial charge < -0.3 is 19.7 Å². The first-order valence-electron chi connectivity index (χ1n) is 9.37. The first-order chi connectivity index (χ1) is 13.4. The normalized spacial score (nSPS) is 13.1. The van der Waals surface area contributed by atoms with Crippen LogP contribution in [0.25, 0.3) is 0 Å². The van der Waals surface area contributed by atoms with E-state index >= 15 is 0 Å². The van der Waals surface area contributed by atoms with Gasteiger partial charge in [0.25, 0.3) is 5.91 Å². The number of fused-ring (bicyclic) bond motifs is 1. The van der Waals surface area contributed by atoms with Crippen LogP contribution in [0.2, 0.25) is 0 Å². The van der Waals surface area contributed by atoms with Crippen molar-refractivity contribution in [2.24, 2.45) is 5.92 Å². The first-order valence-corrected chi connectivity index (χ1v) is 9.37. The predicted octanol–water partition coefficient (Wildman–Crippen LogP) is 3.50. The summed E-state index contributed by atoms with van der Waals surface area (Å²) in [6.07, 6.45) is 0.831. The Labute approximate surface area is 165 Å². The fourth-order valence-corrected chi connectivity index (χ4v) is 3.37. The maximum absolute atomic E-state index is 12.6. The van der Waals surface area contributed by atoms with Crippen molar-refractivity contribution < 1.29 is 19.1 Å². The molecule has 0 fully saturated rings. The number of nitrogens with one attached hydrogen (secondary N) is 1. The lowest BCUT2D eigenvalue weighted by Gasteiger charge is -2.30. The topological polar surface area (TPSA) is 67.9 Å². The Morgan fingerprint density at radius 1 is 1.00 bits per heavy atom. The minimum Gasteiger partial charge on any atom is -0.493 e. The zero-order valence-corrected chi connectivity index (χ0v) is 16.7. The summed E-state index contributed by atoms with van der Waals surface area (Å²) in [7, 11) is 3.09. The molecule has 2 aromatic rings. The average Bonchev–Trinajstić information content (AvgIpc) is 2.71. The molecule has 0 unspecified atom stereocenters. The van der Waals surface area contributed by atoms with E-state index < -0.39 is 0 Å². The van der Waals surface area contributed by atoms with Crippen LogP contribution in [0.15, 0.2) is 36.4 Å². The van der Waals surface area contributed by atoms with E-state index in [4.69, 9.17) is 9.47 Å². The number of carbonyl (C=O) groups excluding carboxylic acids is 2. The van der Waals surface area contributed by atoms with Gasteiger partial charge in [0.05, 0.1) is 14.2 Å². The van der Waals surface area contributed by atoms with Crippen LogP contribution in [0.1, 0.15) is 35.3 Å². The molecule has 0 bridgehead atoms. The molecule has 2 aromatic carbocycles. The zero-order chi connectivity index (χ0) is 20.3. The number of anilines is 1. The molecular weight excluding hydrogens is 356 g/mol. The van der Waals surface area contributed by atoms with E-state index in [1.165, 1.54) is 12.7 Å². The summed E-state index contributed by atoms with van der Waals surface area (Å²) in [5.74, 6) is 0.984. The lowest BCUT2D eigenvalue weighted by molar-refractivity contribution is -0.135. The van der Waals surface area contributed by atoms with Gasteiger partial charge in [-0.15, -0.1) is 0 Å². The highest BCUT2D eigenvalue weighted by Gasteiger charge is 2.23.